The summed E-state index contributed by atoms with van der Waals surface area (Å²) in [6.07, 6.45) is 3.43. The van der Waals surface area contributed by atoms with Gasteiger partial charge >= 0.3 is 0 Å². The first kappa shape index (κ1) is 15.6. The number of pyridine rings is 1. The van der Waals surface area contributed by atoms with Gasteiger partial charge in [0.25, 0.3) is 0 Å². The van der Waals surface area contributed by atoms with Gasteiger partial charge in [-0.15, -0.1) is 0 Å². The molecule has 1 aromatic rings. The van der Waals surface area contributed by atoms with Crippen LogP contribution in [0.2, 0.25) is 0 Å². The molecule has 6 nitrogen and oxygen atoms in total. The van der Waals surface area contributed by atoms with E-state index in [1.807, 2.05) is 26.0 Å². The van der Waals surface area contributed by atoms with Crippen molar-refractivity contribution in [2.45, 2.75) is 26.3 Å². The van der Waals surface area contributed by atoms with Crippen molar-refractivity contribution in [2.24, 2.45) is 0 Å². The molecular formula is C12H19N3O3S. The van der Waals surface area contributed by atoms with Gasteiger partial charge in [0.05, 0.1) is 24.5 Å². The van der Waals surface area contributed by atoms with Gasteiger partial charge in [-0.3, -0.25) is 9.78 Å². The molecule has 0 aliphatic carbocycles. The van der Waals surface area contributed by atoms with Crippen LogP contribution in [-0.4, -0.2) is 32.1 Å². The molecule has 1 heterocycles. The molecule has 0 fully saturated rings. The lowest BCUT2D eigenvalue weighted by Gasteiger charge is -2.16. The number of amides is 1. The Morgan fingerprint density at radius 3 is 2.58 bits per heavy atom. The summed E-state index contributed by atoms with van der Waals surface area (Å²) in [5, 5.41) is 2.75. The standard InChI is InChI=1S/C12H19N3O3S/c1-4-10(11-6-5-9(2)7-13-11)15-12(16)8-14-19(3,17)18/h5-7,10,14H,4,8H2,1-3H3,(H,15,16)/t10-/m0/s1. The summed E-state index contributed by atoms with van der Waals surface area (Å²) in [7, 11) is -3.36. The summed E-state index contributed by atoms with van der Waals surface area (Å²) in [6, 6.07) is 3.56. The first-order chi connectivity index (χ1) is 8.81. The lowest BCUT2D eigenvalue weighted by atomic mass is 10.1. The molecule has 1 rings (SSSR count). The highest BCUT2D eigenvalue weighted by Crippen LogP contribution is 2.13. The molecule has 106 valence electrons. The summed E-state index contributed by atoms with van der Waals surface area (Å²) in [5.41, 5.74) is 1.81. The maximum absolute atomic E-state index is 11.6. The van der Waals surface area contributed by atoms with Crippen LogP contribution in [0.15, 0.2) is 18.3 Å². The van der Waals surface area contributed by atoms with Crippen LogP contribution in [0.4, 0.5) is 0 Å². The Morgan fingerprint density at radius 2 is 2.11 bits per heavy atom. The fraction of sp³-hybridized carbons (Fsp3) is 0.500. The molecular weight excluding hydrogens is 266 g/mol. The van der Waals surface area contributed by atoms with Crippen molar-refractivity contribution in [1.29, 1.82) is 0 Å². The predicted molar refractivity (Wildman–Crippen MR) is 73.0 cm³/mol. The number of aryl methyl sites for hydroxylation is 1. The third kappa shape index (κ3) is 5.80. The van der Waals surface area contributed by atoms with E-state index in [1.165, 1.54) is 0 Å². The van der Waals surface area contributed by atoms with Crippen LogP contribution in [0.1, 0.15) is 30.6 Å². The Balaban J connectivity index is 2.62. The van der Waals surface area contributed by atoms with E-state index < -0.39 is 10.0 Å². The van der Waals surface area contributed by atoms with E-state index in [2.05, 4.69) is 15.0 Å². The first-order valence-electron chi connectivity index (χ1n) is 5.98. The highest BCUT2D eigenvalue weighted by atomic mass is 32.2. The lowest BCUT2D eigenvalue weighted by Crippen LogP contribution is -2.38. The van der Waals surface area contributed by atoms with Crippen molar-refractivity contribution in [2.75, 3.05) is 12.8 Å². The number of sulfonamides is 1. The van der Waals surface area contributed by atoms with Crippen LogP contribution >= 0.6 is 0 Å². The van der Waals surface area contributed by atoms with E-state index in [1.54, 1.807) is 6.20 Å². The second-order valence-corrected chi connectivity index (χ2v) is 6.22. The fourth-order valence-electron chi connectivity index (χ4n) is 1.51. The molecule has 1 aromatic heterocycles. The largest absolute Gasteiger partial charge is 0.347 e. The summed E-state index contributed by atoms with van der Waals surface area (Å²) < 4.78 is 23.9. The highest BCUT2D eigenvalue weighted by Gasteiger charge is 2.14. The lowest BCUT2D eigenvalue weighted by molar-refractivity contribution is -0.120. The summed E-state index contributed by atoms with van der Waals surface area (Å²) in [4.78, 5) is 15.9. The highest BCUT2D eigenvalue weighted by molar-refractivity contribution is 7.88. The zero-order valence-corrected chi connectivity index (χ0v) is 12.1. The number of hydrogen-bond donors (Lipinski definition) is 2. The minimum absolute atomic E-state index is 0.213. The molecule has 1 atom stereocenters. The predicted octanol–water partition coefficient (Wildman–Crippen LogP) is 0.507. The van der Waals surface area contributed by atoms with Crippen molar-refractivity contribution >= 4 is 15.9 Å². The summed E-state index contributed by atoms with van der Waals surface area (Å²) in [6.45, 7) is 3.60. The third-order valence-corrected chi connectivity index (χ3v) is 3.20. The molecule has 0 bridgehead atoms. The maximum Gasteiger partial charge on any atom is 0.235 e. The van der Waals surface area contributed by atoms with E-state index >= 15 is 0 Å². The Kier molecular flexibility index (Phi) is 5.44. The number of nitrogens with zero attached hydrogens (tertiary/aromatic N) is 1. The molecule has 2 N–H and O–H groups in total. The molecule has 0 radical (unpaired) electrons. The molecule has 0 aliphatic rings. The van der Waals surface area contributed by atoms with Crippen molar-refractivity contribution in [1.82, 2.24) is 15.0 Å². The van der Waals surface area contributed by atoms with Crippen molar-refractivity contribution < 1.29 is 13.2 Å². The topological polar surface area (TPSA) is 88.2 Å². The van der Waals surface area contributed by atoms with E-state index in [0.29, 0.717) is 6.42 Å². The first-order valence-corrected chi connectivity index (χ1v) is 7.87. The van der Waals surface area contributed by atoms with Crippen LogP contribution in [0.5, 0.6) is 0 Å². The van der Waals surface area contributed by atoms with Gasteiger partial charge in [-0.1, -0.05) is 13.0 Å². The molecule has 0 unspecified atom stereocenters. The Morgan fingerprint density at radius 1 is 1.42 bits per heavy atom. The zero-order chi connectivity index (χ0) is 14.5. The second kappa shape index (κ2) is 6.63. The quantitative estimate of drug-likeness (QED) is 0.797. The second-order valence-electron chi connectivity index (χ2n) is 4.38. The average Bonchev–Trinajstić information content (AvgIpc) is 2.34. The average molecular weight is 285 g/mol. The van der Waals surface area contributed by atoms with E-state index in [4.69, 9.17) is 0 Å². The smallest absolute Gasteiger partial charge is 0.235 e. The Labute approximate surface area is 113 Å². The molecule has 7 heteroatoms. The SMILES string of the molecule is CC[C@H](NC(=O)CNS(C)(=O)=O)c1ccc(C)cn1. The minimum atomic E-state index is -3.36. The van der Waals surface area contributed by atoms with E-state index in [0.717, 1.165) is 17.5 Å². The number of hydrogen-bond acceptors (Lipinski definition) is 4. The van der Waals surface area contributed by atoms with E-state index in [-0.39, 0.29) is 18.5 Å². The number of aromatic nitrogens is 1. The van der Waals surface area contributed by atoms with Gasteiger partial charge in [-0.2, -0.15) is 0 Å². The monoisotopic (exact) mass is 285 g/mol. The normalized spacial score (nSPS) is 13.0. The molecule has 0 aliphatic heterocycles. The van der Waals surface area contributed by atoms with Crippen LogP contribution in [0, 0.1) is 6.92 Å². The van der Waals surface area contributed by atoms with Crippen LogP contribution in [-0.2, 0) is 14.8 Å². The van der Waals surface area contributed by atoms with Crippen molar-refractivity contribution in [3.63, 3.8) is 0 Å². The Bertz CT molecular complexity index is 526. The zero-order valence-electron chi connectivity index (χ0n) is 11.3. The van der Waals surface area contributed by atoms with Crippen LogP contribution in [0.25, 0.3) is 0 Å². The molecule has 0 aromatic carbocycles. The summed E-state index contributed by atoms with van der Waals surface area (Å²) in [5.74, 6) is -0.375. The maximum atomic E-state index is 11.6. The van der Waals surface area contributed by atoms with Gasteiger partial charge in [-0.05, 0) is 25.0 Å². The van der Waals surface area contributed by atoms with Crippen LogP contribution in [0.3, 0.4) is 0 Å². The third-order valence-electron chi connectivity index (χ3n) is 2.53. The molecule has 19 heavy (non-hydrogen) atoms. The minimum Gasteiger partial charge on any atom is -0.347 e. The molecule has 1 amide bonds. The molecule has 0 saturated carbocycles. The van der Waals surface area contributed by atoms with Gasteiger partial charge in [0.2, 0.25) is 15.9 Å². The Hall–Kier alpha value is -1.47. The van der Waals surface area contributed by atoms with Crippen molar-refractivity contribution in [3.05, 3.63) is 29.6 Å². The number of carbonyl (C=O) groups excluding carboxylic acids is 1. The van der Waals surface area contributed by atoms with Crippen molar-refractivity contribution in [3.8, 4) is 0 Å². The number of nitrogens with one attached hydrogen (secondary N) is 2. The van der Waals surface area contributed by atoms with Gasteiger partial charge in [-0.25, -0.2) is 13.1 Å². The number of rotatable bonds is 6. The van der Waals surface area contributed by atoms with Crippen LogP contribution < -0.4 is 10.0 Å². The summed E-state index contributed by atoms with van der Waals surface area (Å²) >= 11 is 0. The van der Waals surface area contributed by atoms with Gasteiger partial charge in [0.15, 0.2) is 0 Å². The van der Waals surface area contributed by atoms with Gasteiger partial charge < -0.3 is 5.32 Å². The molecule has 0 saturated heterocycles. The van der Waals surface area contributed by atoms with E-state index in [9.17, 15) is 13.2 Å². The fourth-order valence-corrected chi connectivity index (χ4v) is 1.91. The number of carbonyl (C=O) groups is 1. The van der Waals surface area contributed by atoms with Gasteiger partial charge in [0.1, 0.15) is 0 Å². The molecule has 0 spiro atoms. The van der Waals surface area contributed by atoms with Gasteiger partial charge in [0, 0.05) is 6.20 Å².